The maximum atomic E-state index is 15.2. The molecule has 2 aromatic carbocycles. The monoisotopic (exact) mass is 643 g/mol. The summed E-state index contributed by atoms with van der Waals surface area (Å²) in [4.78, 5) is 27.6. The Balaban J connectivity index is 2.36. The Kier molecular flexibility index (Phi) is 11.5. The lowest BCUT2D eigenvalue weighted by Gasteiger charge is -2.52. The van der Waals surface area contributed by atoms with Crippen LogP contribution in [0.5, 0.6) is 0 Å². The van der Waals surface area contributed by atoms with E-state index in [1.807, 2.05) is 90.7 Å². The Labute approximate surface area is 268 Å². The predicted octanol–water partition coefficient (Wildman–Crippen LogP) is 7.86. The molecule has 10 nitrogen and oxygen atoms in total. The average Bonchev–Trinajstić information content (AvgIpc) is 2.94. The van der Waals surface area contributed by atoms with Crippen molar-refractivity contribution in [1.29, 1.82) is 0 Å². The van der Waals surface area contributed by atoms with Crippen molar-refractivity contribution < 1.29 is 28.1 Å². The van der Waals surface area contributed by atoms with Crippen LogP contribution in [0.15, 0.2) is 65.6 Å². The lowest BCUT2D eigenvalue weighted by molar-refractivity contribution is -0.384. The molecule has 3 atom stereocenters. The number of hydrogen-bond donors (Lipinski definition) is 1. The van der Waals surface area contributed by atoms with E-state index in [1.54, 1.807) is 26.0 Å². The van der Waals surface area contributed by atoms with Gasteiger partial charge in [-0.1, -0.05) is 84.0 Å². The normalized spacial score (nSPS) is 21.0. The summed E-state index contributed by atoms with van der Waals surface area (Å²) < 4.78 is 33.5. The number of nitro groups is 1. The number of rotatable bonds is 12. The van der Waals surface area contributed by atoms with Gasteiger partial charge in [0, 0.05) is 30.3 Å². The van der Waals surface area contributed by atoms with Gasteiger partial charge in [0.15, 0.2) is 0 Å². The number of hydrogen-bond acceptors (Lipinski definition) is 9. The molecule has 0 amide bonds. The minimum absolute atomic E-state index is 0.113. The predicted molar refractivity (Wildman–Crippen MR) is 177 cm³/mol. The molecule has 0 fully saturated rings. The van der Waals surface area contributed by atoms with Crippen molar-refractivity contribution in [2.24, 2.45) is 16.7 Å². The maximum Gasteiger partial charge on any atom is 0.359 e. The van der Waals surface area contributed by atoms with Gasteiger partial charge in [-0.25, -0.2) is 0 Å². The van der Waals surface area contributed by atoms with Gasteiger partial charge in [-0.15, -0.1) is 0 Å². The van der Waals surface area contributed by atoms with E-state index in [9.17, 15) is 14.9 Å². The molecular formula is C34H50N3O7P. The second kappa shape index (κ2) is 14.2. The van der Waals surface area contributed by atoms with E-state index in [4.69, 9.17) is 13.8 Å². The highest BCUT2D eigenvalue weighted by atomic mass is 31.2. The average molecular weight is 644 g/mol. The van der Waals surface area contributed by atoms with Crippen LogP contribution in [-0.4, -0.2) is 48.3 Å². The second-order valence-corrected chi connectivity index (χ2v) is 16.3. The highest BCUT2D eigenvalue weighted by Crippen LogP contribution is 2.66. The first-order valence-electron chi connectivity index (χ1n) is 15.4. The van der Waals surface area contributed by atoms with Gasteiger partial charge in [-0.3, -0.25) is 24.4 Å². The van der Waals surface area contributed by atoms with Crippen LogP contribution in [0.2, 0.25) is 0 Å². The first-order chi connectivity index (χ1) is 20.8. The molecule has 248 valence electrons. The van der Waals surface area contributed by atoms with Crippen molar-refractivity contribution >= 4 is 19.3 Å². The lowest BCUT2D eigenvalue weighted by atomic mass is 9.74. The zero-order valence-corrected chi connectivity index (χ0v) is 29.3. The summed E-state index contributed by atoms with van der Waals surface area (Å²) in [6.07, 6.45) is 0. The van der Waals surface area contributed by atoms with Crippen LogP contribution in [-0.2, 0) is 29.7 Å². The van der Waals surface area contributed by atoms with Gasteiger partial charge in [0.2, 0.25) is 0 Å². The highest BCUT2D eigenvalue weighted by Gasteiger charge is 2.57. The van der Waals surface area contributed by atoms with Crippen LogP contribution in [0.1, 0.15) is 79.4 Å². The number of carbonyl (C=O) groups is 1. The summed E-state index contributed by atoms with van der Waals surface area (Å²) in [5.74, 6) is -2.48. The number of carbonyl (C=O) groups excluding carboxylic acids is 1. The van der Waals surface area contributed by atoms with E-state index in [2.05, 4.69) is 5.32 Å². The van der Waals surface area contributed by atoms with E-state index in [0.717, 1.165) is 5.56 Å². The molecule has 0 spiro atoms. The SMILES string of the molecule is CCOC(=O)C1C(c2cccc([N+](=O)[O-])c2)C(P(=O)(OCC(C)(C)C)OCC(C)(C)C)=C(C)NC1(C)N(C)Cc1ccccc1. The van der Waals surface area contributed by atoms with Gasteiger partial charge in [-0.2, -0.15) is 0 Å². The Hall–Kier alpha value is -3.04. The van der Waals surface area contributed by atoms with Crippen LogP contribution in [0.4, 0.5) is 5.69 Å². The van der Waals surface area contributed by atoms with Crippen LogP contribution in [0, 0.1) is 26.9 Å². The number of esters is 1. The third-order valence-electron chi connectivity index (χ3n) is 7.72. The van der Waals surface area contributed by atoms with Gasteiger partial charge in [0.25, 0.3) is 5.69 Å². The fourth-order valence-electron chi connectivity index (χ4n) is 5.48. The zero-order valence-electron chi connectivity index (χ0n) is 28.4. The molecule has 0 saturated carbocycles. The third-order valence-corrected chi connectivity index (χ3v) is 9.87. The molecule has 1 aliphatic rings. The number of nitrogens with zero attached hydrogens (tertiary/aromatic N) is 2. The second-order valence-electron chi connectivity index (χ2n) is 14.3. The molecule has 0 aromatic heterocycles. The Morgan fingerprint density at radius 3 is 2.11 bits per heavy atom. The fraction of sp³-hybridized carbons (Fsp3) is 0.559. The van der Waals surface area contributed by atoms with Gasteiger partial charge in [0.05, 0.1) is 30.1 Å². The number of benzene rings is 2. The lowest BCUT2D eigenvalue weighted by Crippen LogP contribution is -2.65. The first-order valence-corrected chi connectivity index (χ1v) is 16.9. The van der Waals surface area contributed by atoms with Crippen molar-refractivity contribution in [3.63, 3.8) is 0 Å². The number of allylic oxidation sites excluding steroid dienone is 2. The topological polar surface area (TPSA) is 120 Å². The van der Waals surface area contributed by atoms with Crippen molar-refractivity contribution in [1.82, 2.24) is 10.2 Å². The van der Waals surface area contributed by atoms with Crippen molar-refractivity contribution in [2.45, 2.75) is 80.4 Å². The summed E-state index contributed by atoms with van der Waals surface area (Å²) in [6, 6.07) is 16.0. The molecule has 1 N–H and O–H groups in total. The van der Waals surface area contributed by atoms with Crippen LogP contribution < -0.4 is 5.32 Å². The molecular weight excluding hydrogens is 593 g/mol. The maximum absolute atomic E-state index is 15.2. The fourth-order valence-corrected chi connectivity index (χ4v) is 8.05. The molecule has 0 saturated heterocycles. The molecule has 1 heterocycles. The van der Waals surface area contributed by atoms with Crippen molar-refractivity contribution in [3.8, 4) is 0 Å². The van der Waals surface area contributed by atoms with E-state index < -0.39 is 36.0 Å². The van der Waals surface area contributed by atoms with Crippen molar-refractivity contribution in [3.05, 3.63) is 86.8 Å². The molecule has 3 unspecified atom stereocenters. The summed E-state index contributed by atoms with van der Waals surface area (Å²) in [7, 11) is -2.23. The molecule has 0 bridgehead atoms. The number of ether oxygens (including phenoxy) is 1. The van der Waals surface area contributed by atoms with Crippen LogP contribution in [0.25, 0.3) is 0 Å². The van der Waals surface area contributed by atoms with Gasteiger partial charge in [-0.05, 0) is 49.8 Å². The van der Waals surface area contributed by atoms with E-state index in [-0.39, 0.29) is 41.7 Å². The summed E-state index contributed by atoms with van der Waals surface area (Å²) in [6.45, 7) is 18.1. The number of non-ortho nitro benzene ring substituents is 1. The molecule has 1 aliphatic heterocycles. The standard InChI is InChI=1S/C34H50N3O7P/c1-11-42-31(38)29-28(26-18-15-19-27(20-26)37(39)40)30(45(41,43-22-32(3,4)5)44-23-33(6,7)8)24(2)35-34(29,9)36(10)21-25-16-13-12-14-17-25/h12-20,28-29,35H,11,21-23H2,1-10H3. The molecule has 2 aromatic rings. The quantitative estimate of drug-likeness (QED) is 0.107. The Morgan fingerprint density at radius 2 is 1.60 bits per heavy atom. The Bertz CT molecular complexity index is 1410. The van der Waals surface area contributed by atoms with Crippen LogP contribution in [0.3, 0.4) is 0 Å². The van der Waals surface area contributed by atoms with E-state index in [1.165, 1.54) is 12.1 Å². The highest BCUT2D eigenvalue weighted by molar-refractivity contribution is 7.58. The number of nitrogens with one attached hydrogen (secondary N) is 1. The van der Waals surface area contributed by atoms with E-state index in [0.29, 0.717) is 17.8 Å². The van der Waals surface area contributed by atoms with Gasteiger partial charge in [0.1, 0.15) is 11.6 Å². The molecule has 45 heavy (non-hydrogen) atoms. The molecule has 11 heteroatoms. The van der Waals surface area contributed by atoms with Crippen LogP contribution >= 0.6 is 7.60 Å². The zero-order chi connectivity index (χ0) is 33.8. The summed E-state index contributed by atoms with van der Waals surface area (Å²) in [5.41, 5.74) is 0.0388. The largest absolute Gasteiger partial charge is 0.466 e. The summed E-state index contributed by atoms with van der Waals surface area (Å²) >= 11 is 0. The minimum atomic E-state index is -4.13. The third kappa shape index (κ3) is 9.03. The molecule has 0 radical (unpaired) electrons. The van der Waals surface area contributed by atoms with Gasteiger partial charge >= 0.3 is 13.6 Å². The van der Waals surface area contributed by atoms with Gasteiger partial charge < -0.3 is 19.1 Å². The molecule has 0 aliphatic carbocycles. The minimum Gasteiger partial charge on any atom is -0.466 e. The first kappa shape index (κ1) is 36.4. The Morgan fingerprint density at radius 1 is 1.02 bits per heavy atom. The summed E-state index contributed by atoms with van der Waals surface area (Å²) in [5, 5.41) is 15.7. The van der Waals surface area contributed by atoms with Crippen molar-refractivity contribution in [2.75, 3.05) is 26.9 Å². The molecule has 3 rings (SSSR count). The number of nitro benzene ring substituents is 1. The smallest absolute Gasteiger partial charge is 0.359 e. The van der Waals surface area contributed by atoms with E-state index >= 15 is 4.57 Å².